The first-order valence-electron chi connectivity index (χ1n) is 8.39. The molecule has 0 unspecified atom stereocenters. The first-order valence-corrected chi connectivity index (χ1v) is 8.39. The Balaban J connectivity index is 2.04. The predicted octanol–water partition coefficient (Wildman–Crippen LogP) is 6.43. The van der Waals surface area contributed by atoms with Gasteiger partial charge in [0.25, 0.3) is 0 Å². The molecule has 0 spiro atoms. The van der Waals surface area contributed by atoms with Gasteiger partial charge in [-0.2, -0.15) is 0 Å². The lowest BCUT2D eigenvalue weighted by Crippen LogP contribution is -2.10. The number of hydrogen-bond acceptors (Lipinski definition) is 0. The number of nitrogens with one attached hydrogen (secondary N) is 1. The Kier molecular flexibility index (Phi) is 3.63. The molecule has 0 aliphatic heterocycles. The lowest BCUT2D eigenvalue weighted by atomic mass is 9.85. The molecule has 3 rings (SSSR count). The zero-order chi connectivity index (χ0) is 16.8. The highest BCUT2D eigenvalue weighted by Gasteiger charge is 2.16. The van der Waals surface area contributed by atoms with Gasteiger partial charge in [-0.15, -0.1) is 0 Å². The number of aromatic amines is 1. The number of benzene rings is 2. The van der Waals surface area contributed by atoms with E-state index in [1.807, 2.05) is 0 Å². The van der Waals surface area contributed by atoms with Crippen molar-refractivity contribution in [3.05, 3.63) is 59.8 Å². The van der Waals surface area contributed by atoms with Crippen molar-refractivity contribution >= 4 is 10.9 Å². The topological polar surface area (TPSA) is 15.8 Å². The molecule has 1 N–H and O–H groups in total. The average molecular weight is 305 g/mol. The molecule has 1 aromatic heterocycles. The Hall–Kier alpha value is -2.02. The zero-order valence-electron chi connectivity index (χ0n) is 15.1. The molecule has 0 saturated heterocycles. The van der Waals surface area contributed by atoms with E-state index in [2.05, 4.69) is 95.2 Å². The highest BCUT2D eigenvalue weighted by molar-refractivity contribution is 5.95. The predicted molar refractivity (Wildman–Crippen MR) is 101 cm³/mol. The Labute approximate surface area is 139 Å². The highest BCUT2D eigenvalue weighted by atomic mass is 14.7. The molecular formula is C22H27N. The van der Waals surface area contributed by atoms with Gasteiger partial charge in [0.15, 0.2) is 0 Å². The molecule has 0 saturated carbocycles. The SMILES string of the molecule is CC(C)(C)c1ccc(-c2c[nH]c3cc(C(C)(C)C)ccc23)cc1. The van der Waals surface area contributed by atoms with Gasteiger partial charge in [0.05, 0.1) is 0 Å². The maximum Gasteiger partial charge on any atom is 0.0463 e. The maximum atomic E-state index is 3.44. The third-order valence-corrected chi connectivity index (χ3v) is 4.61. The van der Waals surface area contributed by atoms with E-state index in [-0.39, 0.29) is 10.8 Å². The number of aromatic nitrogens is 1. The smallest absolute Gasteiger partial charge is 0.0463 e. The third kappa shape index (κ3) is 3.06. The van der Waals surface area contributed by atoms with Crippen molar-refractivity contribution in [1.82, 2.24) is 4.98 Å². The van der Waals surface area contributed by atoms with Crippen molar-refractivity contribution in [3.8, 4) is 11.1 Å². The second kappa shape index (κ2) is 5.26. The van der Waals surface area contributed by atoms with Crippen LogP contribution in [0.2, 0.25) is 0 Å². The number of hydrogen-bond donors (Lipinski definition) is 1. The molecule has 0 aliphatic carbocycles. The van der Waals surface area contributed by atoms with Crippen molar-refractivity contribution in [2.45, 2.75) is 52.4 Å². The largest absolute Gasteiger partial charge is 0.361 e. The van der Waals surface area contributed by atoms with Crippen LogP contribution in [0.1, 0.15) is 52.7 Å². The normalized spacial score (nSPS) is 12.8. The Morgan fingerprint density at radius 2 is 1.26 bits per heavy atom. The van der Waals surface area contributed by atoms with Crippen molar-refractivity contribution in [1.29, 1.82) is 0 Å². The van der Waals surface area contributed by atoms with Gasteiger partial charge >= 0.3 is 0 Å². The Morgan fingerprint density at radius 1 is 0.696 bits per heavy atom. The van der Waals surface area contributed by atoms with E-state index in [1.165, 1.54) is 33.2 Å². The molecule has 0 amide bonds. The maximum absolute atomic E-state index is 3.44. The lowest BCUT2D eigenvalue weighted by molar-refractivity contribution is 0.590. The lowest BCUT2D eigenvalue weighted by Gasteiger charge is -2.19. The van der Waals surface area contributed by atoms with E-state index in [9.17, 15) is 0 Å². The van der Waals surface area contributed by atoms with Crippen LogP contribution < -0.4 is 0 Å². The minimum Gasteiger partial charge on any atom is -0.361 e. The summed E-state index contributed by atoms with van der Waals surface area (Å²) in [6.45, 7) is 13.5. The first kappa shape index (κ1) is 15.9. The number of fused-ring (bicyclic) bond motifs is 1. The minimum atomic E-state index is 0.174. The first-order chi connectivity index (χ1) is 10.7. The summed E-state index contributed by atoms with van der Waals surface area (Å²) in [5.74, 6) is 0. The molecule has 1 heteroatoms. The summed E-state index contributed by atoms with van der Waals surface area (Å²) in [6, 6.07) is 15.8. The summed E-state index contributed by atoms with van der Waals surface area (Å²) in [5.41, 5.74) is 6.87. The molecule has 3 aromatic rings. The summed E-state index contributed by atoms with van der Waals surface area (Å²) < 4.78 is 0. The Morgan fingerprint density at radius 3 is 1.83 bits per heavy atom. The molecule has 0 radical (unpaired) electrons. The van der Waals surface area contributed by atoms with Crippen LogP contribution in [0.5, 0.6) is 0 Å². The van der Waals surface area contributed by atoms with Crippen LogP contribution in [-0.2, 0) is 10.8 Å². The monoisotopic (exact) mass is 305 g/mol. The van der Waals surface area contributed by atoms with Gasteiger partial charge in [-0.3, -0.25) is 0 Å². The van der Waals surface area contributed by atoms with Crippen LogP contribution in [-0.4, -0.2) is 4.98 Å². The van der Waals surface area contributed by atoms with Crippen LogP contribution >= 0.6 is 0 Å². The molecule has 23 heavy (non-hydrogen) atoms. The standard InChI is InChI=1S/C22H27N/c1-21(2,3)16-9-7-15(8-10-16)19-14-23-20-13-17(22(4,5)6)11-12-18(19)20/h7-14,23H,1-6H3. The zero-order valence-corrected chi connectivity index (χ0v) is 15.1. The molecule has 0 aliphatic rings. The molecular weight excluding hydrogens is 278 g/mol. The van der Waals surface area contributed by atoms with Crippen molar-refractivity contribution < 1.29 is 0 Å². The van der Waals surface area contributed by atoms with Gasteiger partial charge < -0.3 is 4.98 Å². The van der Waals surface area contributed by atoms with Gasteiger partial charge in [0.2, 0.25) is 0 Å². The average Bonchev–Trinajstić information content (AvgIpc) is 2.88. The van der Waals surface area contributed by atoms with Crippen molar-refractivity contribution in [2.75, 3.05) is 0 Å². The fourth-order valence-corrected chi connectivity index (χ4v) is 2.98. The Bertz CT molecular complexity index is 821. The van der Waals surface area contributed by atoms with E-state index in [0.29, 0.717) is 0 Å². The van der Waals surface area contributed by atoms with Gasteiger partial charge in [-0.25, -0.2) is 0 Å². The van der Waals surface area contributed by atoms with E-state index >= 15 is 0 Å². The van der Waals surface area contributed by atoms with E-state index in [4.69, 9.17) is 0 Å². The van der Waals surface area contributed by atoms with Crippen LogP contribution in [0.15, 0.2) is 48.7 Å². The minimum absolute atomic E-state index is 0.174. The van der Waals surface area contributed by atoms with Gasteiger partial charge in [0, 0.05) is 22.7 Å². The summed E-state index contributed by atoms with van der Waals surface area (Å²) in [6.07, 6.45) is 2.13. The molecule has 1 heterocycles. The van der Waals surface area contributed by atoms with Crippen LogP contribution in [0, 0.1) is 0 Å². The van der Waals surface area contributed by atoms with Gasteiger partial charge in [-0.1, -0.05) is 77.9 Å². The summed E-state index contributed by atoms with van der Waals surface area (Å²) in [5, 5.41) is 1.29. The molecule has 1 nitrogen and oxygen atoms in total. The summed E-state index contributed by atoms with van der Waals surface area (Å²) in [4.78, 5) is 3.44. The summed E-state index contributed by atoms with van der Waals surface area (Å²) >= 11 is 0. The molecule has 2 aromatic carbocycles. The third-order valence-electron chi connectivity index (χ3n) is 4.61. The number of rotatable bonds is 1. The van der Waals surface area contributed by atoms with E-state index in [1.54, 1.807) is 0 Å². The van der Waals surface area contributed by atoms with E-state index in [0.717, 1.165) is 0 Å². The van der Waals surface area contributed by atoms with Crippen molar-refractivity contribution in [2.24, 2.45) is 0 Å². The second-order valence-electron chi connectivity index (χ2n) is 8.54. The number of H-pyrrole nitrogens is 1. The summed E-state index contributed by atoms with van der Waals surface area (Å²) in [7, 11) is 0. The molecule has 0 atom stereocenters. The van der Waals surface area contributed by atoms with Crippen LogP contribution in [0.4, 0.5) is 0 Å². The second-order valence-corrected chi connectivity index (χ2v) is 8.54. The fourth-order valence-electron chi connectivity index (χ4n) is 2.98. The molecule has 120 valence electrons. The van der Waals surface area contributed by atoms with E-state index < -0.39 is 0 Å². The molecule has 0 bridgehead atoms. The fraction of sp³-hybridized carbons (Fsp3) is 0.364. The van der Waals surface area contributed by atoms with Gasteiger partial charge in [-0.05, 0) is 33.6 Å². The quantitative estimate of drug-likeness (QED) is 0.533. The van der Waals surface area contributed by atoms with Crippen molar-refractivity contribution in [3.63, 3.8) is 0 Å². The van der Waals surface area contributed by atoms with Crippen LogP contribution in [0.3, 0.4) is 0 Å². The molecule has 0 fully saturated rings. The van der Waals surface area contributed by atoms with Crippen LogP contribution in [0.25, 0.3) is 22.0 Å². The highest BCUT2D eigenvalue weighted by Crippen LogP contribution is 2.33. The van der Waals surface area contributed by atoms with Gasteiger partial charge in [0.1, 0.15) is 0 Å².